The van der Waals surface area contributed by atoms with Crippen LogP contribution >= 0.6 is 23.2 Å². The van der Waals surface area contributed by atoms with Gasteiger partial charge in [0.05, 0.1) is 17.7 Å². The Labute approximate surface area is 128 Å². The van der Waals surface area contributed by atoms with Gasteiger partial charge in [-0.25, -0.2) is 8.42 Å². The number of halogens is 2. The van der Waals surface area contributed by atoms with Gasteiger partial charge in [-0.15, -0.1) is 0 Å². The van der Waals surface area contributed by atoms with Crippen molar-refractivity contribution in [1.29, 1.82) is 0 Å². The van der Waals surface area contributed by atoms with Gasteiger partial charge in [0.2, 0.25) is 0 Å². The molecule has 0 saturated carbocycles. The number of aromatic amines is 1. The van der Waals surface area contributed by atoms with Crippen molar-refractivity contribution >= 4 is 33.0 Å². The third-order valence-corrected chi connectivity index (χ3v) is 5.25. The largest absolute Gasteiger partial charge is 0.285 e. The van der Waals surface area contributed by atoms with Gasteiger partial charge in [0.1, 0.15) is 0 Å². The van der Waals surface area contributed by atoms with E-state index in [9.17, 15) is 8.42 Å². The molecule has 0 amide bonds. The quantitative estimate of drug-likeness (QED) is 0.882. The Hall–Kier alpha value is -1.04. The van der Waals surface area contributed by atoms with Crippen LogP contribution in [-0.2, 0) is 22.0 Å². The minimum absolute atomic E-state index is 0.0970. The lowest BCUT2D eigenvalue weighted by Gasteiger charge is -2.08. The average molecular weight is 333 g/mol. The van der Waals surface area contributed by atoms with Crippen LogP contribution in [-0.4, -0.2) is 24.4 Å². The molecule has 108 valence electrons. The predicted molar refractivity (Wildman–Crippen MR) is 80.9 cm³/mol. The molecule has 1 aromatic carbocycles. The van der Waals surface area contributed by atoms with E-state index in [1.807, 2.05) is 0 Å². The van der Waals surface area contributed by atoms with E-state index in [0.29, 0.717) is 28.5 Å². The number of sulfone groups is 1. The maximum atomic E-state index is 12.1. The minimum atomic E-state index is -3.23. The van der Waals surface area contributed by atoms with Crippen molar-refractivity contribution in [2.75, 3.05) is 5.75 Å². The molecule has 0 atom stereocenters. The van der Waals surface area contributed by atoms with Crippen LogP contribution in [0.25, 0.3) is 0 Å². The number of rotatable bonds is 6. The van der Waals surface area contributed by atoms with Crippen molar-refractivity contribution in [1.82, 2.24) is 10.2 Å². The minimum Gasteiger partial charge on any atom is -0.285 e. The standard InChI is InChI=1S/C13H14Cl2N2O2S/c14-12-4-1-5-13(15)11(12)9-20(18,19)6-2-3-10-7-16-17-8-10/h1,4-5,7-8H,2-3,6,9H2,(H,16,17). The van der Waals surface area contributed by atoms with E-state index < -0.39 is 9.84 Å². The summed E-state index contributed by atoms with van der Waals surface area (Å²) in [5, 5.41) is 7.29. The van der Waals surface area contributed by atoms with E-state index in [1.54, 1.807) is 30.6 Å². The molecule has 0 saturated heterocycles. The molecule has 0 aliphatic heterocycles. The van der Waals surface area contributed by atoms with Crippen LogP contribution in [0.5, 0.6) is 0 Å². The highest BCUT2D eigenvalue weighted by molar-refractivity contribution is 7.90. The maximum absolute atomic E-state index is 12.1. The Bertz CT molecular complexity index is 649. The first-order valence-corrected chi connectivity index (χ1v) is 8.66. The van der Waals surface area contributed by atoms with Gasteiger partial charge in [-0.05, 0) is 30.5 Å². The molecule has 0 bridgehead atoms. The molecule has 0 radical (unpaired) electrons. The van der Waals surface area contributed by atoms with Crippen LogP contribution in [0, 0.1) is 0 Å². The first-order valence-electron chi connectivity index (χ1n) is 6.09. The van der Waals surface area contributed by atoms with Crippen molar-refractivity contribution in [2.24, 2.45) is 0 Å². The summed E-state index contributed by atoms with van der Waals surface area (Å²) >= 11 is 12.0. The van der Waals surface area contributed by atoms with Crippen molar-refractivity contribution in [3.63, 3.8) is 0 Å². The molecule has 1 N–H and O–H groups in total. The van der Waals surface area contributed by atoms with E-state index >= 15 is 0 Å². The highest BCUT2D eigenvalue weighted by atomic mass is 35.5. The molecular formula is C13H14Cl2N2O2S. The molecule has 7 heteroatoms. The van der Waals surface area contributed by atoms with Gasteiger partial charge in [-0.1, -0.05) is 29.3 Å². The number of hydrogen-bond donors (Lipinski definition) is 1. The monoisotopic (exact) mass is 332 g/mol. The molecule has 0 unspecified atom stereocenters. The summed E-state index contributed by atoms with van der Waals surface area (Å²) in [4.78, 5) is 0. The number of aromatic nitrogens is 2. The van der Waals surface area contributed by atoms with Gasteiger partial charge >= 0.3 is 0 Å². The first kappa shape index (κ1) is 15.4. The van der Waals surface area contributed by atoms with E-state index in [2.05, 4.69) is 10.2 Å². The fourth-order valence-electron chi connectivity index (χ4n) is 1.87. The zero-order valence-electron chi connectivity index (χ0n) is 10.6. The normalized spacial score (nSPS) is 11.7. The van der Waals surface area contributed by atoms with Crippen LogP contribution in [0.15, 0.2) is 30.6 Å². The molecule has 0 spiro atoms. The number of aryl methyl sites for hydroxylation is 1. The molecule has 1 heterocycles. The van der Waals surface area contributed by atoms with E-state index in [0.717, 1.165) is 5.56 Å². The second kappa shape index (κ2) is 6.61. The van der Waals surface area contributed by atoms with Crippen molar-refractivity contribution in [2.45, 2.75) is 18.6 Å². The van der Waals surface area contributed by atoms with Crippen LogP contribution in [0.3, 0.4) is 0 Å². The second-order valence-electron chi connectivity index (χ2n) is 4.50. The predicted octanol–water partition coefficient (Wildman–Crippen LogP) is 3.26. The summed E-state index contributed by atoms with van der Waals surface area (Å²) in [7, 11) is -3.23. The van der Waals surface area contributed by atoms with Gasteiger partial charge < -0.3 is 0 Å². The zero-order chi connectivity index (χ0) is 14.6. The SMILES string of the molecule is O=S(=O)(CCCc1cn[nH]c1)Cc1c(Cl)cccc1Cl. The molecule has 20 heavy (non-hydrogen) atoms. The molecule has 0 aliphatic carbocycles. The third kappa shape index (κ3) is 4.23. The number of nitrogens with one attached hydrogen (secondary N) is 1. The van der Waals surface area contributed by atoms with Gasteiger partial charge in [-0.3, -0.25) is 5.10 Å². The molecule has 4 nitrogen and oxygen atoms in total. The Morgan fingerprint density at radius 3 is 2.50 bits per heavy atom. The summed E-state index contributed by atoms with van der Waals surface area (Å²) in [6.45, 7) is 0. The molecule has 0 fully saturated rings. The van der Waals surface area contributed by atoms with E-state index in [4.69, 9.17) is 23.2 Å². The van der Waals surface area contributed by atoms with Crippen LogP contribution in [0.4, 0.5) is 0 Å². The second-order valence-corrected chi connectivity index (χ2v) is 7.50. The Morgan fingerprint density at radius 1 is 1.20 bits per heavy atom. The van der Waals surface area contributed by atoms with Gasteiger partial charge in [0, 0.05) is 21.8 Å². The van der Waals surface area contributed by atoms with Crippen molar-refractivity contribution in [3.8, 4) is 0 Å². The maximum Gasteiger partial charge on any atom is 0.154 e. The first-order chi connectivity index (χ1) is 9.48. The van der Waals surface area contributed by atoms with Gasteiger partial charge in [-0.2, -0.15) is 5.10 Å². The van der Waals surface area contributed by atoms with Gasteiger partial charge in [0.25, 0.3) is 0 Å². The summed E-state index contributed by atoms with van der Waals surface area (Å²) in [5.41, 5.74) is 1.47. The van der Waals surface area contributed by atoms with Crippen molar-refractivity contribution in [3.05, 3.63) is 51.8 Å². The fourth-order valence-corrected chi connectivity index (χ4v) is 4.04. The Kier molecular flexibility index (Phi) is 5.07. The molecular weight excluding hydrogens is 319 g/mol. The molecule has 1 aromatic heterocycles. The van der Waals surface area contributed by atoms with Crippen LogP contribution < -0.4 is 0 Å². The molecule has 2 rings (SSSR count). The smallest absolute Gasteiger partial charge is 0.154 e. The lowest BCUT2D eigenvalue weighted by atomic mass is 10.2. The number of H-pyrrole nitrogens is 1. The summed E-state index contributed by atoms with van der Waals surface area (Å²) in [6.07, 6.45) is 4.67. The average Bonchev–Trinajstić information content (AvgIpc) is 2.87. The summed E-state index contributed by atoms with van der Waals surface area (Å²) in [5.74, 6) is -0.0311. The van der Waals surface area contributed by atoms with Crippen LogP contribution in [0.2, 0.25) is 10.0 Å². The Morgan fingerprint density at radius 2 is 1.90 bits per heavy atom. The van der Waals surface area contributed by atoms with E-state index in [1.165, 1.54) is 0 Å². The third-order valence-electron chi connectivity index (χ3n) is 2.90. The number of hydrogen-bond acceptors (Lipinski definition) is 3. The molecule has 2 aromatic rings. The van der Waals surface area contributed by atoms with Crippen LogP contribution in [0.1, 0.15) is 17.5 Å². The Balaban J connectivity index is 1.97. The molecule has 0 aliphatic rings. The topological polar surface area (TPSA) is 62.8 Å². The summed E-state index contributed by atoms with van der Waals surface area (Å²) in [6, 6.07) is 4.98. The number of nitrogens with zero attached hydrogens (tertiary/aromatic N) is 1. The highest BCUT2D eigenvalue weighted by Gasteiger charge is 2.16. The van der Waals surface area contributed by atoms with Gasteiger partial charge in [0.15, 0.2) is 9.84 Å². The number of benzene rings is 1. The van der Waals surface area contributed by atoms with E-state index in [-0.39, 0.29) is 11.5 Å². The lowest BCUT2D eigenvalue weighted by molar-refractivity contribution is 0.592. The zero-order valence-corrected chi connectivity index (χ0v) is 13.0. The fraction of sp³-hybridized carbons (Fsp3) is 0.308. The van der Waals surface area contributed by atoms with Crippen molar-refractivity contribution < 1.29 is 8.42 Å². The summed E-state index contributed by atoms with van der Waals surface area (Å²) < 4.78 is 24.2. The highest BCUT2D eigenvalue weighted by Crippen LogP contribution is 2.26. The lowest BCUT2D eigenvalue weighted by Crippen LogP contribution is -2.11.